The minimum absolute atomic E-state index is 0.162. The summed E-state index contributed by atoms with van der Waals surface area (Å²) in [4.78, 5) is 25.0. The summed E-state index contributed by atoms with van der Waals surface area (Å²) in [7, 11) is 0. The number of hydrogen-bond donors (Lipinski definition) is 0. The molecule has 2 aliphatic rings. The van der Waals surface area contributed by atoms with Crippen LogP contribution in [0.5, 0.6) is 0 Å². The lowest BCUT2D eigenvalue weighted by Gasteiger charge is -2.23. The van der Waals surface area contributed by atoms with Crippen molar-refractivity contribution in [3.05, 3.63) is 11.1 Å². The summed E-state index contributed by atoms with van der Waals surface area (Å²) >= 11 is 0. The van der Waals surface area contributed by atoms with Crippen LogP contribution in [-0.4, -0.2) is 36.0 Å². The number of nitrogens with zero attached hydrogens (tertiary/aromatic N) is 1. The molecular formula is C12H17NO3. The normalized spacial score (nSPS) is 27.1. The first-order chi connectivity index (χ1) is 7.59. The molecule has 2 rings (SSSR count). The monoisotopic (exact) mass is 223 g/mol. The van der Waals surface area contributed by atoms with Crippen LogP contribution in [0.3, 0.4) is 0 Å². The van der Waals surface area contributed by atoms with Gasteiger partial charge in [0.05, 0.1) is 12.6 Å². The number of amides is 1. The minimum atomic E-state index is -0.342. The fourth-order valence-electron chi connectivity index (χ4n) is 2.24. The number of rotatable bonds is 1. The summed E-state index contributed by atoms with van der Waals surface area (Å²) in [5, 5.41) is 0. The SMILES string of the molecule is CC1=C(C)CC(N2CCOC2=O)C(=O)CC1. The number of Topliss-reactive ketones (excluding diaryl/α,β-unsaturated/α-hetero) is 1. The topological polar surface area (TPSA) is 46.6 Å². The molecule has 1 aliphatic heterocycles. The lowest BCUT2D eigenvalue weighted by atomic mass is 10.0. The van der Waals surface area contributed by atoms with Gasteiger partial charge >= 0.3 is 6.09 Å². The van der Waals surface area contributed by atoms with E-state index < -0.39 is 0 Å². The predicted molar refractivity (Wildman–Crippen MR) is 59.1 cm³/mol. The Kier molecular flexibility index (Phi) is 2.99. The highest BCUT2D eigenvalue weighted by Crippen LogP contribution is 2.26. The highest BCUT2D eigenvalue weighted by molar-refractivity contribution is 5.88. The molecule has 0 aromatic heterocycles. The van der Waals surface area contributed by atoms with E-state index in [1.807, 2.05) is 6.92 Å². The van der Waals surface area contributed by atoms with E-state index in [0.717, 1.165) is 6.42 Å². The van der Waals surface area contributed by atoms with E-state index in [4.69, 9.17) is 4.74 Å². The Hall–Kier alpha value is -1.32. The van der Waals surface area contributed by atoms with Gasteiger partial charge in [-0.3, -0.25) is 9.69 Å². The van der Waals surface area contributed by atoms with Crippen molar-refractivity contribution in [1.82, 2.24) is 4.90 Å². The number of allylic oxidation sites excluding steroid dienone is 1. The zero-order valence-electron chi connectivity index (χ0n) is 9.78. The standard InChI is InChI=1S/C12H17NO3/c1-8-3-4-11(14)10(7-9(8)2)13-5-6-16-12(13)15/h10H,3-7H2,1-2H3. The summed E-state index contributed by atoms with van der Waals surface area (Å²) in [6, 6.07) is -0.299. The highest BCUT2D eigenvalue weighted by Gasteiger charge is 2.35. The van der Waals surface area contributed by atoms with Gasteiger partial charge in [0.15, 0.2) is 5.78 Å². The second-order valence-electron chi connectivity index (χ2n) is 4.55. The molecule has 1 fully saturated rings. The maximum absolute atomic E-state index is 12.0. The Balaban J connectivity index is 2.19. The second-order valence-corrected chi connectivity index (χ2v) is 4.55. The van der Waals surface area contributed by atoms with Gasteiger partial charge < -0.3 is 4.74 Å². The van der Waals surface area contributed by atoms with Crippen molar-refractivity contribution in [2.24, 2.45) is 0 Å². The van der Waals surface area contributed by atoms with E-state index in [2.05, 4.69) is 6.92 Å². The summed E-state index contributed by atoms with van der Waals surface area (Å²) in [5.74, 6) is 0.162. The molecule has 88 valence electrons. The quantitative estimate of drug-likeness (QED) is 0.638. The molecule has 1 unspecified atom stereocenters. The van der Waals surface area contributed by atoms with Gasteiger partial charge in [0.2, 0.25) is 0 Å². The number of ether oxygens (including phenoxy) is 1. The van der Waals surface area contributed by atoms with Gasteiger partial charge in [0.1, 0.15) is 6.61 Å². The van der Waals surface area contributed by atoms with Crippen molar-refractivity contribution in [2.75, 3.05) is 13.2 Å². The van der Waals surface area contributed by atoms with Crippen LogP contribution in [0.1, 0.15) is 33.1 Å². The molecular weight excluding hydrogens is 206 g/mol. The van der Waals surface area contributed by atoms with Crippen LogP contribution in [0.25, 0.3) is 0 Å². The number of carbonyl (C=O) groups excluding carboxylic acids is 2. The van der Waals surface area contributed by atoms with Gasteiger partial charge in [0.25, 0.3) is 0 Å². The van der Waals surface area contributed by atoms with Gasteiger partial charge in [-0.1, -0.05) is 11.1 Å². The summed E-state index contributed by atoms with van der Waals surface area (Å²) in [5.41, 5.74) is 2.51. The van der Waals surface area contributed by atoms with Crippen LogP contribution in [0, 0.1) is 0 Å². The average Bonchev–Trinajstić information content (AvgIpc) is 2.63. The first kappa shape index (κ1) is 11.2. The first-order valence-corrected chi connectivity index (χ1v) is 5.71. The molecule has 1 saturated heterocycles. The zero-order valence-corrected chi connectivity index (χ0v) is 9.78. The van der Waals surface area contributed by atoms with Crippen LogP contribution in [-0.2, 0) is 9.53 Å². The Bertz CT molecular complexity index is 359. The molecule has 1 atom stereocenters. The van der Waals surface area contributed by atoms with E-state index in [1.165, 1.54) is 11.1 Å². The molecule has 0 spiro atoms. The Labute approximate surface area is 95.2 Å². The lowest BCUT2D eigenvalue weighted by molar-refractivity contribution is -0.123. The van der Waals surface area contributed by atoms with Crippen LogP contribution in [0.15, 0.2) is 11.1 Å². The molecule has 1 aliphatic carbocycles. The fraction of sp³-hybridized carbons (Fsp3) is 0.667. The Morgan fingerprint density at radius 3 is 2.56 bits per heavy atom. The van der Waals surface area contributed by atoms with Crippen molar-refractivity contribution in [1.29, 1.82) is 0 Å². The molecule has 16 heavy (non-hydrogen) atoms. The zero-order chi connectivity index (χ0) is 11.7. The minimum Gasteiger partial charge on any atom is -0.448 e. The van der Waals surface area contributed by atoms with E-state index >= 15 is 0 Å². The molecule has 4 heteroatoms. The predicted octanol–water partition coefficient (Wildman–Crippen LogP) is 1.90. The third-order valence-corrected chi connectivity index (χ3v) is 3.51. The molecule has 0 aromatic rings. The van der Waals surface area contributed by atoms with Crippen LogP contribution in [0.4, 0.5) is 4.79 Å². The summed E-state index contributed by atoms with van der Waals surface area (Å²) in [6.45, 7) is 5.06. The van der Waals surface area contributed by atoms with Crippen molar-refractivity contribution >= 4 is 11.9 Å². The smallest absolute Gasteiger partial charge is 0.410 e. The largest absolute Gasteiger partial charge is 0.448 e. The number of cyclic esters (lactones) is 1. The van der Waals surface area contributed by atoms with Crippen molar-refractivity contribution < 1.29 is 14.3 Å². The third-order valence-electron chi connectivity index (χ3n) is 3.51. The van der Waals surface area contributed by atoms with Crippen molar-refractivity contribution in [2.45, 2.75) is 39.2 Å². The Morgan fingerprint density at radius 2 is 1.94 bits per heavy atom. The number of hydrogen-bond acceptors (Lipinski definition) is 3. The van der Waals surface area contributed by atoms with Gasteiger partial charge in [-0.2, -0.15) is 0 Å². The van der Waals surface area contributed by atoms with E-state index in [-0.39, 0.29) is 17.9 Å². The van der Waals surface area contributed by atoms with Crippen LogP contribution >= 0.6 is 0 Å². The molecule has 0 radical (unpaired) electrons. The molecule has 1 heterocycles. The van der Waals surface area contributed by atoms with E-state index in [0.29, 0.717) is 26.0 Å². The molecule has 1 amide bonds. The summed E-state index contributed by atoms with van der Waals surface area (Å²) in [6.07, 6.45) is 1.69. The number of ketones is 1. The van der Waals surface area contributed by atoms with Gasteiger partial charge in [-0.25, -0.2) is 4.79 Å². The van der Waals surface area contributed by atoms with E-state index in [1.54, 1.807) is 4.90 Å². The highest BCUT2D eigenvalue weighted by atomic mass is 16.6. The molecule has 4 nitrogen and oxygen atoms in total. The summed E-state index contributed by atoms with van der Waals surface area (Å²) < 4.78 is 4.89. The second kappa shape index (κ2) is 4.28. The lowest BCUT2D eigenvalue weighted by Crippen LogP contribution is -2.41. The molecule has 0 saturated carbocycles. The van der Waals surface area contributed by atoms with Crippen LogP contribution in [0.2, 0.25) is 0 Å². The van der Waals surface area contributed by atoms with Gasteiger partial charge in [0, 0.05) is 6.42 Å². The average molecular weight is 223 g/mol. The van der Waals surface area contributed by atoms with E-state index in [9.17, 15) is 9.59 Å². The first-order valence-electron chi connectivity index (χ1n) is 5.71. The third kappa shape index (κ3) is 1.96. The van der Waals surface area contributed by atoms with Crippen LogP contribution < -0.4 is 0 Å². The van der Waals surface area contributed by atoms with Crippen molar-refractivity contribution in [3.63, 3.8) is 0 Å². The molecule has 0 aromatic carbocycles. The van der Waals surface area contributed by atoms with Gasteiger partial charge in [-0.05, 0) is 26.7 Å². The maximum atomic E-state index is 12.0. The fourth-order valence-corrected chi connectivity index (χ4v) is 2.24. The maximum Gasteiger partial charge on any atom is 0.410 e. The number of carbonyl (C=O) groups is 2. The van der Waals surface area contributed by atoms with Gasteiger partial charge in [-0.15, -0.1) is 0 Å². The molecule has 0 bridgehead atoms. The Morgan fingerprint density at radius 1 is 1.19 bits per heavy atom. The van der Waals surface area contributed by atoms with Crippen molar-refractivity contribution in [3.8, 4) is 0 Å². The molecule has 0 N–H and O–H groups in total.